The zero-order valence-electron chi connectivity index (χ0n) is 12.6. The van der Waals surface area contributed by atoms with E-state index in [-0.39, 0.29) is 5.41 Å². The minimum Gasteiger partial charge on any atom is -0.305 e. The maximum Gasteiger partial charge on any atom is 0.0683 e. The number of nitriles is 1. The molecule has 0 aliphatic carbocycles. The van der Waals surface area contributed by atoms with Crippen molar-refractivity contribution in [1.29, 1.82) is 5.26 Å². The predicted molar refractivity (Wildman–Crippen MR) is 76.4 cm³/mol. The highest BCUT2D eigenvalue weighted by Gasteiger charge is 2.21. The second kappa shape index (κ2) is 7.11. The number of piperidine rings is 1. The van der Waals surface area contributed by atoms with Gasteiger partial charge in [-0.1, -0.05) is 6.42 Å². The second-order valence-electron chi connectivity index (χ2n) is 6.51. The lowest BCUT2D eigenvalue weighted by molar-refractivity contribution is 0.131. The zero-order chi connectivity index (χ0) is 13.6. The Balaban J connectivity index is 2.18. The summed E-state index contributed by atoms with van der Waals surface area (Å²) in [6.45, 7) is 7.75. The molecule has 1 heterocycles. The molecule has 3 nitrogen and oxygen atoms in total. The van der Waals surface area contributed by atoms with Crippen molar-refractivity contribution in [2.24, 2.45) is 5.41 Å². The Kier molecular flexibility index (Phi) is 6.11. The number of unbranched alkanes of at least 4 members (excludes halogenated alkanes) is 1. The number of likely N-dealkylation sites (N-methyl/N-ethyl adjacent to an activating group) is 1. The van der Waals surface area contributed by atoms with Gasteiger partial charge in [-0.2, -0.15) is 5.26 Å². The van der Waals surface area contributed by atoms with Crippen LogP contribution >= 0.6 is 0 Å². The monoisotopic (exact) mass is 251 g/mol. The standard InChI is InChI=1S/C15H29N3/c1-15(2,13-16)9-5-6-10-18-11-7-8-14(12-18)17(3)4/h14H,5-12H2,1-4H3. The molecule has 0 aromatic carbocycles. The van der Waals surface area contributed by atoms with E-state index in [1.165, 1.54) is 45.3 Å². The van der Waals surface area contributed by atoms with Crippen LogP contribution in [0, 0.1) is 16.7 Å². The van der Waals surface area contributed by atoms with Gasteiger partial charge < -0.3 is 9.80 Å². The molecule has 1 aliphatic rings. The third-order valence-electron chi connectivity index (χ3n) is 4.04. The largest absolute Gasteiger partial charge is 0.305 e. The van der Waals surface area contributed by atoms with Gasteiger partial charge in [-0.3, -0.25) is 0 Å². The molecule has 18 heavy (non-hydrogen) atoms. The third-order valence-corrected chi connectivity index (χ3v) is 4.04. The summed E-state index contributed by atoms with van der Waals surface area (Å²) in [5, 5.41) is 8.97. The minimum atomic E-state index is -0.145. The first-order chi connectivity index (χ1) is 8.44. The van der Waals surface area contributed by atoms with Gasteiger partial charge in [0.05, 0.1) is 11.5 Å². The summed E-state index contributed by atoms with van der Waals surface area (Å²) in [5.41, 5.74) is -0.145. The van der Waals surface area contributed by atoms with E-state index in [1.54, 1.807) is 0 Å². The van der Waals surface area contributed by atoms with Crippen LogP contribution in [-0.2, 0) is 0 Å². The molecule has 0 bridgehead atoms. The van der Waals surface area contributed by atoms with Gasteiger partial charge in [0.2, 0.25) is 0 Å². The van der Waals surface area contributed by atoms with E-state index in [1.807, 2.05) is 13.8 Å². The van der Waals surface area contributed by atoms with Gasteiger partial charge >= 0.3 is 0 Å². The molecule has 0 aromatic rings. The van der Waals surface area contributed by atoms with Crippen LogP contribution < -0.4 is 0 Å². The lowest BCUT2D eigenvalue weighted by Crippen LogP contribution is -2.45. The average Bonchev–Trinajstić information content (AvgIpc) is 2.35. The first kappa shape index (κ1) is 15.5. The summed E-state index contributed by atoms with van der Waals surface area (Å²) in [6, 6.07) is 3.11. The van der Waals surface area contributed by atoms with Crippen molar-refractivity contribution in [2.75, 3.05) is 33.7 Å². The van der Waals surface area contributed by atoms with Gasteiger partial charge in [-0.25, -0.2) is 0 Å². The molecule has 0 radical (unpaired) electrons. The van der Waals surface area contributed by atoms with Gasteiger partial charge in [0.1, 0.15) is 0 Å². The topological polar surface area (TPSA) is 30.3 Å². The molecule has 1 saturated heterocycles. The summed E-state index contributed by atoms with van der Waals surface area (Å²) in [4.78, 5) is 4.94. The molecular weight excluding hydrogens is 222 g/mol. The van der Waals surface area contributed by atoms with E-state index >= 15 is 0 Å². The molecule has 0 aromatic heterocycles. The van der Waals surface area contributed by atoms with Crippen LogP contribution in [-0.4, -0.2) is 49.6 Å². The molecule has 1 rings (SSSR count). The van der Waals surface area contributed by atoms with E-state index in [0.717, 1.165) is 12.5 Å². The summed E-state index contributed by atoms with van der Waals surface area (Å²) in [5.74, 6) is 0. The number of rotatable bonds is 6. The smallest absolute Gasteiger partial charge is 0.0683 e. The molecule has 0 spiro atoms. The van der Waals surface area contributed by atoms with Gasteiger partial charge in [0.15, 0.2) is 0 Å². The van der Waals surface area contributed by atoms with Gasteiger partial charge in [0, 0.05) is 12.6 Å². The molecule has 0 saturated carbocycles. The molecule has 1 unspecified atom stereocenters. The normalized spacial score (nSPS) is 22.1. The molecular formula is C15H29N3. The van der Waals surface area contributed by atoms with Crippen molar-refractivity contribution in [3.8, 4) is 6.07 Å². The van der Waals surface area contributed by atoms with E-state index in [0.29, 0.717) is 0 Å². The van der Waals surface area contributed by atoms with Crippen LogP contribution in [0.5, 0.6) is 0 Å². The highest BCUT2D eigenvalue weighted by Crippen LogP contribution is 2.22. The molecule has 3 heteroatoms. The minimum absolute atomic E-state index is 0.145. The maximum atomic E-state index is 8.97. The summed E-state index contributed by atoms with van der Waals surface area (Å²) in [6.07, 6.45) is 6.08. The lowest BCUT2D eigenvalue weighted by Gasteiger charge is -2.36. The Morgan fingerprint density at radius 3 is 2.67 bits per heavy atom. The summed E-state index contributed by atoms with van der Waals surface area (Å²) < 4.78 is 0. The first-order valence-corrected chi connectivity index (χ1v) is 7.24. The van der Waals surface area contributed by atoms with Gasteiger partial charge in [-0.15, -0.1) is 0 Å². The lowest BCUT2D eigenvalue weighted by atomic mass is 9.89. The van der Waals surface area contributed by atoms with Crippen molar-refractivity contribution < 1.29 is 0 Å². The van der Waals surface area contributed by atoms with Gasteiger partial charge in [-0.05, 0) is 66.7 Å². The van der Waals surface area contributed by atoms with E-state index in [9.17, 15) is 0 Å². The number of hydrogen-bond donors (Lipinski definition) is 0. The maximum absolute atomic E-state index is 8.97. The SMILES string of the molecule is CN(C)C1CCCN(CCCCC(C)(C)C#N)C1. The molecule has 104 valence electrons. The van der Waals surface area contributed by atoms with Crippen LogP contribution in [0.15, 0.2) is 0 Å². The highest BCUT2D eigenvalue weighted by atomic mass is 15.2. The average molecular weight is 251 g/mol. The quantitative estimate of drug-likeness (QED) is 0.680. The second-order valence-corrected chi connectivity index (χ2v) is 6.51. The van der Waals surface area contributed by atoms with Crippen molar-refractivity contribution in [2.45, 2.75) is 52.0 Å². The summed E-state index contributed by atoms with van der Waals surface area (Å²) in [7, 11) is 4.37. The third kappa shape index (κ3) is 5.37. The molecule has 1 aliphatic heterocycles. The van der Waals surface area contributed by atoms with Crippen LogP contribution in [0.2, 0.25) is 0 Å². The highest BCUT2D eigenvalue weighted by molar-refractivity contribution is 4.91. The molecule has 0 amide bonds. The Hall–Kier alpha value is -0.590. The Morgan fingerprint density at radius 1 is 1.33 bits per heavy atom. The van der Waals surface area contributed by atoms with Crippen LogP contribution in [0.3, 0.4) is 0 Å². The zero-order valence-corrected chi connectivity index (χ0v) is 12.6. The van der Waals surface area contributed by atoms with Gasteiger partial charge in [0.25, 0.3) is 0 Å². The fourth-order valence-corrected chi connectivity index (χ4v) is 2.61. The number of hydrogen-bond acceptors (Lipinski definition) is 3. The first-order valence-electron chi connectivity index (χ1n) is 7.24. The number of nitrogens with zero attached hydrogens (tertiary/aromatic N) is 3. The van der Waals surface area contributed by atoms with Crippen LogP contribution in [0.4, 0.5) is 0 Å². The van der Waals surface area contributed by atoms with E-state index < -0.39 is 0 Å². The summed E-state index contributed by atoms with van der Waals surface area (Å²) >= 11 is 0. The molecule has 1 atom stereocenters. The van der Waals surface area contributed by atoms with E-state index in [4.69, 9.17) is 5.26 Å². The Morgan fingerprint density at radius 2 is 2.06 bits per heavy atom. The van der Waals surface area contributed by atoms with Crippen molar-refractivity contribution in [3.05, 3.63) is 0 Å². The van der Waals surface area contributed by atoms with E-state index in [2.05, 4.69) is 30.0 Å². The van der Waals surface area contributed by atoms with Crippen molar-refractivity contribution >= 4 is 0 Å². The fourth-order valence-electron chi connectivity index (χ4n) is 2.61. The predicted octanol–water partition coefficient (Wildman–Crippen LogP) is 2.73. The Bertz CT molecular complexity index is 278. The van der Waals surface area contributed by atoms with Crippen LogP contribution in [0.25, 0.3) is 0 Å². The number of likely N-dealkylation sites (tertiary alicyclic amines) is 1. The van der Waals surface area contributed by atoms with Crippen LogP contribution in [0.1, 0.15) is 46.0 Å². The van der Waals surface area contributed by atoms with Crippen molar-refractivity contribution in [3.63, 3.8) is 0 Å². The molecule has 0 N–H and O–H groups in total. The van der Waals surface area contributed by atoms with Crippen molar-refractivity contribution in [1.82, 2.24) is 9.80 Å². The Labute approximate surface area is 113 Å². The fraction of sp³-hybridized carbons (Fsp3) is 0.933. The molecule has 1 fully saturated rings.